The lowest BCUT2D eigenvalue weighted by molar-refractivity contribution is -0.198. The Morgan fingerprint density at radius 3 is 1.87 bits per heavy atom. The van der Waals surface area contributed by atoms with Gasteiger partial charge in [-0.2, -0.15) is 0 Å². The van der Waals surface area contributed by atoms with E-state index in [2.05, 4.69) is 21.3 Å². The molecule has 38 heavy (non-hydrogen) atoms. The number of hydrogen-bond donors (Lipinski definition) is 4. The van der Waals surface area contributed by atoms with Crippen molar-refractivity contribution < 1.29 is 48.0 Å². The fraction of sp³-hybridized carbons (Fsp3) is 0.500. The number of carbonyl (C=O) groups is 9. The predicted molar refractivity (Wildman–Crippen MR) is 123 cm³/mol. The van der Waals surface area contributed by atoms with Crippen molar-refractivity contribution >= 4 is 53.2 Å². The van der Waals surface area contributed by atoms with Gasteiger partial charge in [-0.3, -0.25) is 43.3 Å². The van der Waals surface area contributed by atoms with Crippen LogP contribution in [0.25, 0.3) is 0 Å². The molecule has 1 atom stereocenters. The summed E-state index contributed by atoms with van der Waals surface area (Å²) in [6.07, 6.45) is 2.10. The summed E-state index contributed by atoms with van der Waals surface area (Å²) < 4.78 is 0. The average molecular weight is 536 g/mol. The summed E-state index contributed by atoms with van der Waals surface area (Å²) >= 11 is 0. The van der Waals surface area contributed by atoms with Crippen molar-refractivity contribution in [3.8, 4) is 0 Å². The van der Waals surface area contributed by atoms with E-state index in [0.717, 1.165) is 17.1 Å². The van der Waals surface area contributed by atoms with E-state index in [4.69, 9.17) is 4.84 Å². The Bertz CT molecular complexity index is 1040. The van der Waals surface area contributed by atoms with Crippen LogP contribution in [-0.2, 0) is 48.0 Å². The molecule has 2 aliphatic rings. The lowest BCUT2D eigenvalue weighted by Gasteiger charge is -2.13. The second-order valence-electron chi connectivity index (χ2n) is 8.29. The molecule has 0 aromatic rings. The number of hydrogen-bond acceptors (Lipinski definition) is 10. The molecule has 8 amide bonds. The highest BCUT2D eigenvalue weighted by Crippen LogP contribution is 2.19. The Labute approximate surface area is 216 Å². The number of imide groups is 2. The van der Waals surface area contributed by atoms with Crippen LogP contribution in [0.15, 0.2) is 12.2 Å². The van der Waals surface area contributed by atoms with Gasteiger partial charge in [-0.25, -0.2) is 4.79 Å². The van der Waals surface area contributed by atoms with Gasteiger partial charge in [-0.1, -0.05) is 6.92 Å². The first-order chi connectivity index (χ1) is 18.0. The Kier molecular flexibility index (Phi) is 11.1. The largest absolute Gasteiger partial charge is 0.354 e. The third kappa shape index (κ3) is 9.44. The summed E-state index contributed by atoms with van der Waals surface area (Å²) in [6, 6.07) is 0. The van der Waals surface area contributed by atoms with Crippen LogP contribution in [0, 0.1) is 5.92 Å². The Morgan fingerprint density at radius 1 is 0.816 bits per heavy atom. The molecule has 2 rings (SSSR count). The van der Waals surface area contributed by atoms with E-state index >= 15 is 0 Å². The molecule has 0 aromatic heterocycles. The second-order valence-corrected chi connectivity index (χ2v) is 8.29. The molecule has 0 radical (unpaired) electrons. The maximum absolute atomic E-state index is 11.8. The standard InChI is InChI=1S/C22H28N6O10/c1-13-9-20(35)28(22(13)37)38-21(36)6-7-23-15(30)10-25-17(32)12-26-16(31)11-24-14(29)3-2-8-27-18(33)4-5-19(27)34/h4-5,13H,2-3,6-12H2,1H3,(H,23,30)(H,24,29)(H,25,32)(H,26,31). The lowest BCUT2D eigenvalue weighted by atomic mass is 10.1. The number of amides is 8. The Hall–Kier alpha value is -4.63. The van der Waals surface area contributed by atoms with Gasteiger partial charge in [0.05, 0.1) is 26.1 Å². The minimum Gasteiger partial charge on any atom is -0.354 e. The first kappa shape index (κ1) is 29.6. The third-order valence-electron chi connectivity index (χ3n) is 5.20. The SMILES string of the molecule is CC1CC(=O)N(OC(=O)CCNC(=O)CNC(=O)CNC(=O)CNC(=O)CCCN2C(=O)C=CC2=O)C1=O. The zero-order valence-corrected chi connectivity index (χ0v) is 20.6. The quantitative estimate of drug-likeness (QED) is 0.160. The highest BCUT2D eigenvalue weighted by molar-refractivity contribution is 6.12. The van der Waals surface area contributed by atoms with Gasteiger partial charge in [0.15, 0.2) is 0 Å². The number of carbonyl (C=O) groups excluding carboxylic acids is 9. The van der Waals surface area contributed by atoms with Gasteiger partial charge >= 0.3 is 5.97 Å². The molecule has 206 valence electrons. The van der Waals surface area contributed by atoms with Crippen molar-refractivity contribution in [1.29, 1.82) is 0 Å². The number of rotatable bonds is 14. The zero-order chi connectivity index (χ0) is 28.2. The first-order valence-electron chi connectivity index (χ1n) is 11.7. The molecule has 1 unspecified atom stereocenters. The van der Waals surface area contributed by atoms with Crippen molar-refractivity contribution in [1.82, 2.24) is 31.2 Å². The molecule has 0 bridgehead atoms. The van der Waals surface area contributed by atoms with Crippen molar-refractivity contribution in [2.24, 2.45) is 5.92 Å². The van der Waals surface area contributed by atoms with Crippen LogP contribution < -0.4 is 21.3 Å². The summed E-state index contributed by atoms with van der Waals surface area (Å²) in [7, 11) is 0. The van der Waals surface area contributed by atoms with E-state index < -0.39 is 78.8 Å². The maximum Gasteiger partial charge on any atom is 0.334 e. The molecule has 0 aromatic carbocycles. The van der Waals surface area contributed by atoms with E-state index in [1.165, 1.54) is 6.92 Å². The lowest BCUT2D eigenvalue weighted by Crippen LogP contribution is -2.44. The van der Waals surface area contributed by atoms with Crippen LogP contribution in [0.4, 0.5) is 0 Å². The molecule has 0 saturated carbocycles. The van der Waals surface area contributed by atoms with Crippen molar-refractivity contribution in [2.45, 2.75) is 32.6 Å². The predicted octanol–water partition coefficient (Wildman–Crippen LogP) is -3.60. The van der Waals surface area contributed by atoms with E-state index in [0.29, 0.717) is 5.06 Å². The normalized spacial score (nSPS) is 16.5. The molecule has 2 heterocycles. The maximum atomic E-state index is 11.8. The molecule has 0 aliphatic carbocycles. The fourth-order valence-electron chi connectivity index (χ4n) is 3.16. The van der Waals surface area contributed by atoms with Crippen molar-refractivity contribution in [3.05, 3.63) is 12.2 Å². The van der Waals surface area contributed by atoms with Crippen molar-refractivity contribution in [2.75, 3.05) is 32.7 Å². The minimum absolute atomic E-state index is 0.0225. The molecule has 0 spiro atoms. The number of nitrogens with zero attached hydrogens (tertiary/aromatic N) is 2. The van der Waals surface area contributed by atoms with Gasteiger partial charge in [0.2, 0.25) is 23.6 Å². The summed E-state index contributed by atoms with van der Waals surface area (Å²) in [5, 5.41) is 9.59. The van der Waals surface area contributed by atoms with Gasteiger partial charge in [0.25, 0.3) is 23.6 Å². The van der Waals surface area contributed by atoms with E-state index in [-0.39, 0.29) is 38.8 Å². The Balaban J connectivity index is 1.50. The smallest absolute Gasteiger partial charge is 0.334 e. The second kappa shape index (κ2) is 14.2. The van der Waals surface area contributed by atoms with Crippen LogP contribution >= 0.6 is 0 Å². The highest BCUT2D eigenvalue weighted by Gasteiger charge is 2.38. The molecule has 1 saturated heterocycles. The molecule has 16 heteroatoms. The molecule has 16 nitrogen and oxygen atoms in total. The van der Waals surface area contributed by atoms with E-state index in [1.54, 1.807) is 0 Å². The minimum atomic E-state index is -0.894. The monoisotopic (exact) mass is 536 g/mol. The Morgan fingerprint density at radius 2 is 1.34 bits per heavy atom. The summed E-state index contributed by atoms with van der Waals surface area (Å²) in [5.74, 6) is -6.07. The van der Waals surface area contributed by atoms with Crippen LogP contribution in [-0.4, -0.2) is 95.9 Å². The third-order valence-corrected chi connectivity index (χ3v) is 5.20. The van der Waals surface area contributed by atoms with E-state index in [9.17, 15) is 43.2 Å². The first-order valence-corrected chi connectivity index (χ1v) is 11.7. The van der Waals surface area contributed by atoms with Crippen LogP contribution in [0.5, 0.6) is 0 Å². The molecule has 1 fully saturated rings. The molecule has 4 N–H and O–H groups in total. The van der Waals surface area contributed by atoms with Crippen LogP contribution in [0.1, 0.15) is 32.6 Å². The molecule has 2 aliphatic heterocycles. The topological polar surface area (TPSA) is 217 Å². The van der Waals surface area contributed by atoms with Gasteiger partial charge in [0.1, 0.15) is 0 Å². The average Bonchev–Trinajstić information content (AvgIpc) is 3.31. The fourth-order valence-corrected chi connectivity index (χ4v) is 3.16. The summed E-state index contributed by atoms with van der Waals surface area (Å²) in [5.41, 5.74) is 0. The number of nitrogens with one attached hydrogen (secondary N) is 4. The number of hydroxylamine groups is 2. The van der Waals surface area contributed by atoms with Gasteiger partial charge in [-0.05, 0) is 6.42 Å². The molecular weight excluding hydrogens is 508 g/mol. The van der Waals surface area contributed by atoms with Gasteiger partial charge in [0, 0.05) is 44.0 Å². The van der Waals surface area contributed by atoms with Gasteiger partial charge < -0.3 is 26.1 Å². The highest BCUT2D eigenvalue weighted by atomic mass is 16.7. The zero-order valence-electron chi connectivity index (χ0n) is 20.6. The van der Waals surface area contributed by atoms with E-state index in [1.807, 2.05) is 0 Å². The summed E-state index contributed by atoms with van der Waals surface area (Å²) in [4.78, 5) is 111. The van der Waals surface area contributed by atoms with Crippen molar-refractivity contribution in [3.63, 3.8) is 0 Å². The summed E-state index contributed by atoms with van der Waals surface area (Å²) in [6.45, 7) is 0.119. The van der Waals surface area contributed by atoms with Crippen LogP contribution in [0.3, 0.4) is 0 Å². The molecular formula is C22H28N6O10. The van der Waals surface area contributed by atoms with Crippen LogP contribution in [0.2, 0.25) is 0 Å². The van der Waals surface area contributed by atoms with Gasteiger partial charge in [-0.15, -0.1) is 5.06 Å².